The minimum atomic E-state index is 0.230. The van der Waals surface area contributed by atoms with E-state index in [4.69, 9.17) is 23.2 Å². The van der Waals surface area contributed by atoms with Gasteiger partial charge in [-0.25, -0.2) is 0 Å². The van der Waals surface area contributed by atoms with Crippen LogP contribution in [0.4, 0.5) is 0 Å². The smallest absolute Gasteiger partial charge is 0.0639 e. The van der Waals surface area contributed by atoms with Crippen molar-refractivity contribution in [2.45, 2.75) is 59.0 Å². The molecule has 0 aromatic heterocycles. The first kappa shape index (κ1) is 15.6. The van der Waals surface area contributed by atoms with Gasteiger partial charge in [0.1, 0.15) is 0 Å². The molecule has 1 N–H and O–H groups in total. The first-order chi connectivity index (χ1) is 9.77. The Hall–Kier alpha value is -0.240. The van der Waals surface area contributed by atoms with E-state index in [0.717, 1.165) is 11.5 Å². The van der Waals surface area contributed by atoms with Gasteiger partial charge in [0.2, 0.25) is 0 Å². The molecule has 1 nitrogen and oxygen atoms in total. The zero-order valence-corrected chi connectivity index (χ0v) is 14.9. The Morgan fingerprint density at radius 1 is 1.24 bits per heavy atom. The van der Waals surface area contributed by atoms with E-state index in [0.29, 0.717) is 26.9 Å². The Kier molecular flexibility index (Phi) is 3.83. The number of halogens is 2. The van der Waals surface area contributed by atoms with Crippen LogP contribution >= 0.6 is 23.2 Å². The monoisotopic (exact) mass is 325 g/mol. The molecule has 2 aliphatic rings. The van der Waals surface area contributed by atoms with Gasteiger partial charge in [0.25, 0.3) is 0 Å². The van der Waals surface area contributed by atoms with Gasteiger partial charge in [-0.05, 0) is 54.6 Å². The number of hydrogen-bond donors (Lipinski definition) is 1. The van der Waals surface area contributed by atoms with E-state index in [-0.39, 0.29) is 6.04 Å². The van der Waals surface area contributed by atoms with Gasteiger partial charge in [-0.2, -0.15) is 0 Å². The lowest BCUT2D eigenvalue weighted by atomic mass is 9.69. The Labute approximate surface area is 138 Å². The van der Waals surface area contributed by atoms with Crippen molar-refractivity contribution in [2.75, 3.05) is 0 Å². The summed E-state index contributed by atoms with van der Waals surface area (Å²) in [5.74, 6) is 0.849. The molecular weight excluding hydrogens is 301 g/mol. The maximum atomic E-state index is 6.37. The molecule has 0 spiro atoms. The van der Waals surface area contributed by atoms with E-state index in [1.54, 1.807) is 0 Å². The van der Waals surface area contributed by atoms with Crippen LogP contribution in [0.15, 0.2) is 18.2 Å². The molecule has 2 fully saturated rings. The molecule has 4 unspecified atom stereocenters. The second-order valence-electron chi connectivity index (χ2n) is 7.69. The summed E-state index contributed by atoms with van der Waals surface area (Å²) >= 11 is 12.5. The van der Waals surface area contributed by atoms with Crippen LogP contribution in [0.3, 0.4) is 0 Å². The highest BCUT2D eigenvalue weighted by Gasteiger charge is 2.61. The van der Waals surface area contributed by atoms with Crippen LogP contribution < -0.4 is 5.32 Å². The third-order valence-corrected chi connectivity index (χ3v) is 7.53. The molecule has 0 aliphatic heterocycles. The highest BCUT2D eigenvalue weighted by molar-refractivity contribution is 6.42. The summed E-state index contributed by atoms with van der Waals surface area (Å²) < 4.78 is 0. The highest BCUT2D eigenvalue weighted by atomic mass is 35.5. The molecule has 0 saturated heterocycles. The Bertz CT molecular complexity index is 554. The zero-order valence-electron chi connectivity index (χ0n) is 13.3. The van der Waals surface area contributed by atoms with Crippen LogP contribution in [0.5, 0.6) is 0 Å². The summed E-state index contributed by atoms with van der Waals surface area (Å²) in [6, 6.07) is 6.70. The van der Waals surface area contributed by atoms with Gasteiger partial charge in [-0.3, -0.25) is 0 Å². The molecule has 3 rings (SSSR count). The summed E-state index contributed by atoms with van der Waals surface area (Å²) in [6.45, 7) is 9.55. The summed E-state index contributed by atoms with van der Waals surface area (Å²) in [4.78, 5) is 0. The van der Waals surface area contributed by atoms with Crippen molar-refractivity contribution in [3.8, 4) is 0 Å². The van der Waals surface area contributed by atoms with Crippen molar-refractivity contribution < 1.29 is 0 Å². The van der Waals surface area contributed by atoms with Crippen LogP contribution in [-0.2, 0) is 0 Å². The normalized spacial score (nSPS) is 35.1. The van der Waals surface area contributed by atoms with Crippen molar-refractivity contribution >= 4 is 23.2 Å². The van der Waals surface area contributed by atoms with Crippen molar-refractivity contribution in [1.82, 2.24) is 5.32 Å². The Morgan fingerprint density at radius 3 is 2.52 bits per heavy atom. The lowest BCUT2D eigenvalue weighted by Crippen LogP contribution is -2.45. The molecule has 1 aromatic rings. The van der Waals surface area contributed by atoms with E-state index < -0.39 is 0 Å². The van der Waals surface area contributed by atoms with Gasteiger partial charge in [0.15, 0.2) is 0 Å². The minimum Gasteiger partial charge on any atom is -0.307 e. The van der Waals surface area contributed by atoms with Crippen molar-refractivity contribution in [1.29, 1.82) is 0 Å². The number of hydrogen-bond acceptors (Lipinski definition) is 1. The largest absolute Gasteiger partial charge is 0.307 e. The van der Waals surface area contributed by atoms with Gasteiger partial charge in [0, 0.05) is 12.1 Å². The van der Waals surface area contributed by atoms with Crippen LogP contribution in [0.25, 0.3) is 0 Å². The summed E-state index contributed by atoms with van der Waals surface area (Å²) in [5, 5.41) is 5.18. The lowest BCUT2D eigenvalue weighted by molar-refractivity contribution is 0.116. The molecule has 116 valence electrons. The fourth-order valence-corrected chi connectivity index (χ4v) is 5.17. The fraction of sp³-hybridized carbons (Fsp3) is 0.667. The predicted octanol–water partition coefficient (Wildman–Crippen LogP) is 5.86. The molecule has 0 amide bonds. The van der Waals surface area contributed by atoms with E-state index in [2.05, 4.69) is 39.1 Å². The first-order valence-corrected chi connectivity index (χ1v) is 8.73. The molecule has 1 aromatic carbocycles. The van der Waals surface area contributed by atoms with Crippen molar-refractivity contribution in [3.05, 3.63) is 33.8 Å². The van der Waals surface area contributed by atoms with E-state index in [1.807, 2.05) is 12.1 Å². The predicted molar refractivity (Wildman–Crippen MR) is 91.0 cm³/mol. The Balaban J connectivity index is 1.81. The highest BCUT2D eigenvalue weighted by Crippen LogP contribution is 2.65. The summed E-state index contributed by atoms with van der Waals surface area (Å²) in [6.07, 6.45) is 4.00. The number of fused-ring (bicyclic) bond motifs is 2. The van der Waals surface area contributed by atoms with Crippen LogP contribution in [0.1, 0.15) is 58.6 Å². The number of rotatable bonds is 3. The summed E-state index contributed by atoms with van der Waals surface area (Å²) in [7, 11) is 0. The first-order valence-electron chi connectivity index (χ1n) is 7.97. The van der Waals surface area contributed by atoms with Crippen LogP contribution in [-0.4, -0.2) is 6.04 Å². The van der Waals surface area contributed by atoms with Crippen LogP contribution in [0, 0.1) is 16.7 Å². The molecule has 3 heteroatoms. The van der Waals surface area contributed by atoms with E-state index in [1.165, 1.54) is 19.3 Å². The molecule has 2 saturated carbocycles. The van der Waals surface area contributed by atoms with E-state index >= 15 is 0 Å². The lowest BCUT2D eigenvalue weighted by Gasteiger charge is -2.41. The number of benzene rings is 1. The topological polar surface area (TPSA) is 12.0 Å². The number of nitrogens with one attached hydrogen (secondary N) is 1. The molecular formula is C18H25Cl2N. The minimum absolute atomic E-state index is 0.230. The molecule has 21 heavy (non-hydrogen) atoms. The molecule has 2 bridgehead atoms. The third kappa shape index (κ3) is 2.24. The maximum absolute atomic E-state index is 6.37. The van der Waals surface area contributed by atoms with Crippen LogP contribution in [0.2, 0.25) is 10.0 Å². The quantitative estimate of drug-likeness (QED) is 0.733. The standard InChI is InChI=1S/C18H25Cl2N/c1-11(13-6-5-7-14(19)16(13)20)21-15-10-12-8-9-18(15,4)17(12,2)3/h5-7,11-12,15,21H,8-10H2,1-4H3. The van der Waals surface area contributed by atoms with Gasteiger partial charge in [-0.15, -0.1) is 0 Å². The molecule has 2 aliphatic carbocycles. The zero-order chi connectivity index (χ0) is 15.4. The second kappa shape index (κ2) is 5.15. The molecule has 0 heterocycles. The van der Waals surface area contributed by atoms with Gasteiger partial charge < -0.3 is 5.32 Å². The SMILES string of the molecule is CC(NC1CC2CCC1(C)C2(C)C)c1cccc(Cl)c1Cl. The van der Waals surface area contributed by atoms with Gasteiger partial charge >= 0.3 is 0 Å². The summed E-state index contributed by atoms with van der Waals surface area (Å²) in [5.41, 5.74) is 1.92. The molecule has 4 atom stereocenters. The van der Waals surface area contributed by atoms with Crippen molar-refractivity contribution in [3.63, 3.8) is 0 Å². The maximum Gasteiger partial charge on any atom is 0.0639 e. The van der Waals surface area contributed by atoms with Gasteiger partial charge in [-0.1, -0.05) is 56.1 Å². The Morgan fingerprint density at radius 2 is 1.95 bits per heavy atom. The van der Waals surface area contributed by atoms with Crippen molar-refractivity contribution in [2.24, 2.45) is 16.7 Å². The fourth-order valence-electron chi connectivity index (χ4n) is 4.70. The van der Waals surface area contributed by atoms with E-state index in [9.17, 15) is 0 Å². The van der Waals surface area contributed by atoms with Gasteiger partial charge in [0.05, 0.1) is 10.0 Å². The average Bonchev–Trinajstić information content (AvgIpc) is 2.75. The molecule has 0 radical (unpaired) electrons. The second-order valence-corrected chi connectivity index (χ2v) is 8.48. The average molecular weight is 326 g/mol. The third-order valence-electron chi connectivity index (χ3n) is 6.69.